The molecule has 23 heavy (non-hydrogen) atoms. The number of nitrogens with zero attached hydrogens (tertiary/aromatic N) is 4. The van der Waals surface area contributed by atoms with Crippen LogP contribution in [0.5, 0.6) is 0 Å². The Hall–Kier alpha value is -2.41. The van der Waals surface area contributed by atoms with Crippen LogP contribution >= 0.6 is 11.3 Å². The number of aromatic nitrogens is 3. The van der Waals surface area contributed by atoms with Gasteiger partial charge in [0.15, 0.2) is 6.61 Å². The average molecular weight is 330 g/mol. The summed E-state index contributed by atoms with van der Waals surface area (Å²) in [6.45, 7) is 6.80. The van der Waals surface area contributed by atoms with Crippen LogP contribution in [0.25, 0.3) is 10.8 Å². The Morgan fingerprint density at radius 3 is 3.00 bits per heavy atom. The predicted molar refractivity (Wildman–Crippen MR) is 89.4 cm³/mol. The van der Waals surface area contributed by atoms with Gasteiger partial charge in [-0.25, -0.2) is 4.98 Å². The summed E-state index contributed by atoms with van der Waals surface area (Å²) in [5, 5.41) is 10.5. The summed E-state index contributed by atoms with van der Waals surface area (Å²) >= 11 is 1.59. The van der Waals surface area contributed by atoms with Crippen LogP contribution in [0.1, 0.15) is 24.0 Å². The Bertz CT molecular complexity index is 802. The van der Waals surface area contributed by atoms with Gasteiger partial charge in [0.25, 0.3) is 0 Å². The molecule has 120 valence electrons. The molecule has 0 saturated heterocycles. The van der Waals surface area contributed by atoms with E-state index in [4.69, 9.17) is 9.25 Å². The topological polar surface area (TPSA) is 65.4 Å². The van der Waals surface area contributed by atoms with Crippen LogP contribution in [0.3, 0.4) is 0 Å². The van der Waals surface area contributed by atoms with Gasteiger partial charge in [0.1, 0.15) is 12.0 Å². The van der Waals surface area contributed by atoms with Crippen molar-refractivity contribution in [3.05, 3.63) is 46.9 Å². The van der Waals surface area contributed by atoms with E-state index in [9.17, 15) is 0 Å². The van der Waals surface area contributed by atoms with Crippen molar-refractivity contribution in [2.75, 3.05) is 0 Å². The number of oxime groups is 1. The second kappa shape index (κ2) is 6.78. The quantitative estimate of drug-likeness (QED) is 0.509. The molecule has 0 aliphatic heterocycles. The van der Waals surface area contributed by atoms with Gasteiger partial charge in [-0.1, -0.05) is 11.2 Å². The lowest BCUT2D eigenvalue weighted by Gasteiger charge is -2.03. The zero-order valence-electron chi connectivity index (χ0n) is 13.3. The molecule has 0 fully saturated rings. The SMILES string of the molecule is C/C(Cn1nc(C)cc1C)=N\OCc1coc(-c2cccs2)n1. The number of rotatable bonds is 6. The predicted octanol–water partition coefficient (Wildman–Crippen LogP) is 3.81. The molecule has 3 heterocycles. The second-order valence-corrected chi connectivity index (χ2v) is 6.25. The molecular weight excluding hydrogens is 312 g/mol. The highest BCUT2D eigenvalue weighted by molar-refractivity contribution is 7.13. The van der Waals surface area contributed by atoms with E-state index >= 15 is 0 Å². The number of hydrogen-bond acceptors (Lipinski definition) is 6. The summed E-state index contributed by atoms with van der Waals surface area (Å²) in [4.78, 5) is 10.7. The van der Waals surface area contributed by atoms with Crippen molar-refractivity contribution in [3.63, 3.8) is 0 Å². The van der Waals surface area contributed by atoms with Crippen LogP contribution in [-0.2, 0) is 18.0 Å². The molecule has 3 rings (SSSR count). The van der Waals surface area contributed by atoms with E-state index < -0.39 is 0 Å². The summed E-state index contributed by atoms with van der Waals surface area (Å²) in [5.41, 5.74) is 3.67. The van der Waals surface area contributed by atoms with Crippen molar-refractivity contribution in [2.24, 2.45) is 5.16 Å². The van der Waals surface area contributed by atoms with Crippen LogP contribution in [0.2, 0.25) is 0 Å². The highest BCUT2D eigenvalue weighted by atomic mass is 32.1. The lowest BCUT2D eigenvalue weighted by atomic mass is 10.4. The molecule has 0 aliphatic rings. The maximum atomic E-state index is 5.44. The van der Waals surface area contributed by atoms with Crippen LogP contribution in [-0.4, -0.2) is 20.5 Å². The Morgan fingerprint density at radius 2 is 2.30 bits per heavy atom. The van der Waals surface area contributed by atoms with Crippen molar-refractivity contribution in [1.82, 2.24) is 14.8 Å². The Morgan fingerprint density at radius 1 is 1.43 bits per heavy atom. The molecule has 0 aliphatic carbocycles. The van der Waals surface area contributed by atoms with E-state index in [0.717, 1.165) is 27.7 Å². The maximum Gasteiger partial charge on any atom is 0.236 e. The van der Waals surface area contributed by atoms with E-state index in [1.165, 1.54) is 0 Å². The van der Waals surface area contributed by atoms with Crippen molar-refractivity contribution in [2.45, 2.75) is 33.9 Å². The first-order valence-corrected chi connectivity index (χ1v) is 8.14. The van der Waals surface area contributed by atoms with Gasteiger partial charge in [-0.15, -0.1) is 11.3 Å². The molecule has 0 aromatic carbocycles. The molecule has 0 saturated carbocycles. The van der Waals surface area contributed by atoms with E-state index in [2.05, 4.69) is 15.2 Å². The average Bonchev–Trinajstić information content (AvgIpc) is 3.21. The molecule has 0 spiro atoms. The minimum absolute atomic E-state index is 0.281. The molecule has 3 aromatic heterocycles. The summed E-state index contributed by atoms with van der Waals surface area (Å²) in [5.74, 6) is 0.613. The number of thiophene rings is 1. The largest absolute Gasteiger partial charge is 0.443 e. The molecule has 6 nitrogen and oxygen atoms in total. The van der Waals surface area contributed by atoms with Gasteiger partial charge in [-0.3, -0.25) is 4.68 Å². The zero-order chi connectivity index (χ0) is 16.2. The van der Waals surface area contributed by atoms with Gasteiger partial charge in [-0.05, 0) is 38.3 Å². The van der Waals surface area contributed by atoms with Gasteiger partial charge in [0.2, 0.25) is 5.89 Å². The Balaban J connectivity index is 1.55. The third-order valence-electron chi connectivity index (χ3n) is 3.20. The minimum Gasteiger partial charge on any atom is -0.443 e. The molecule has 7 heteroatoms. The monoisotopic (exact) mass is 330 g/mol. The van der Waals surface area contributed by atoms with Gasteiger partial charge >= 0.3 is 0 Å². The van der Waals surface area contributed by atoms with Crippen LogP contribution in [0.15, 0.2) is 39.4 Å². The summed E-state index contributed by atoms with van der Waals surface area (Å²) in [7, 11) is 0. The fourth-order valence-corrected chi connectivity index (χ4v) is 2.83. The van der Waals surface area contributed by atoms with Crippen molar-refractivity contribution in [1.29, 1.82) is 0 Å². The first kappa shape index (κ1) is 15.5. The molecular formula is C16H18N4O2S. The van der Waals surface area contributed by atoms with Crippen molar-refractivity contribution in [3.8, 4) is 10.8 Å². The molecule has 0 N–H and O–H groups in total. The lowest BCUT2D eigenvalue weighted by Crippen LogP contribution is -2.10. The zero-order valence-corrected chi connectivity index (χ0v) is 14.1. The van der Waals surface area contributed by atoms with E-state index in [1.807, 2.05) is 49.0 Å². The molecule has 0 amide bonds. The first-order valence-electron chi connectivity index (χ1n) is 7.26. The molecule has 3 aromatic rings. The number of oxazole rings is 1. The van der Waals surface area contributed by atoms with Crippen molar-refractivity contribution < 1.29 is 9.25 Å². The molecule has 0 radical (unpaired) electrons. The van der Waals surface area contributed by atoms with E-state index in [-0.39, 0.29) is 6.61 Å². The third kappa shape index (κ3) is 3.87. The Kier molecular flexibility index (Phi) is 4.57. The highest BCUT2D eigenvalue weighted by Crippen LogP contribution is 2.23. The maximum absolute atomic E-state index is 5.44. The Labute approximate surface area is 138 Å². The molecule has 0 unspecified atom stereocenters. The fraction of sp³-hybridized carbons (Fsp3) is 0.312. The van der Waals surface area contributed by atoms with Gasteiger partial charge < -0.3 is 9.25 Å². The van der Waals surface area contributed by atoms with Gasteiger partial charge in [0, 0.05) is 5.69 Å². The minimum atomic E-state index is 0.281. The highest BCUT2D eigenvalue weighted by Gasteiger charge is 2.08. The summed E-state index contributed by atoms with van der Waals surface area (Å²) < 4.78 is 7.34. The van der Waals surface area contributed by atoms with Crippen LogP contribution in [0, 0.1) is 13.8 Å². The fourth-order valence-electron chi connectivity index (χ4n) is 2.18. The van der Waals surface area contributed by atoms with Crippen LogP contribution in [0.4, 0.5) is 0 Å². The number of aryl methyl sites for hydroxylation is 2. The molecule has 0 bridgehead atoms. The third-order valence-corrected chi connectivity index (χ3v) is 4.06. The first-order chi connectivity index (χ1) is 11.1. The summed E-state index contributed by atoms with van der Waals surface area (Å²) in [6.07, 6.45) is 1.60. The molecule has 0 atom stereocenters. The normalized spacial score (nSPS) is 11.9. The number of hydrogen-bond donors (Lipinski definition) is 0. The second-order valence-electron chi connectivity index (χ2n) is 5.31. The van der Waals surface area contributed by atoms with Gasteiger partial charge in [0.05, 0.1) is 22.8 Å². The van der Waals surface area contributed by atoms with Crippen molar-refractivity contribution >= 4 is 17.0 Å². The van der Waals surface area contributed by atoms with E-state index in [0.29, 0.717) is 12.4 Å². The smallest absolute Gasteiger partial charge is 0.236 e. The lowest BCUT2D eigenvalue weighted by molar-refractivity contribution is 0.126. The summed E-state index contributed by atoms with van der Waals surface area (Å²) in [6, 6.07) is 5.97. The van der Waals surface area contributed by atoms with Crippen LogP contribution < -0.4 is 0 Å². The standard InChI is InChI=1S/C16H18N4O2S/c1-11-7-13(3)20(18-11)8-12(2)19-22-10-14-9-21-16(17-14)15-5-4-6-23-15/h4-7,9H,8,10H2,1-3H3/b19-12+. The van der Waals surface area contributed by atoms with E-state index in [1.54, 1.807) is 17.6 Å². The van der Waals surface area contributed by atoms with Gasteiger partial charge in [-0.2, -0.15) is 5.10 Å².